The van der Waals surface area contributed by atoms with Gasteiger partial charge in [-0.3, -0.25) is 4.79 Å². The quantitative estimate of drug-likeness (QED) is 0.427. The highest BCUT2D eigenvalue weighted by Gasteiger charge is 2.32. The molecule has 0 saturated carbocycles. The van der Waals surface area contributed by atoms with Crippen molar-refractivity contribution in [3.8, 4) is 28.4 Å². The summed E-state index contributed by atoms with van der Waals surface area (Å²) in [6.45, 7) is 0. The van der Waals surface area contributed by atoms with Gasteiger partial charge in [-0.15, -0.1) is 0 Å². The van der Waals surface area contributed by atoms with E-state index in [1.54, 1.807) is 27.4 Å². The van der Waals surface area contributed by atoms with E-state index in [1.165, 1.54) is 0 Å². The molecule has 31 heavy (non-hydrogen) atoms. The first-order valence-electron chi connectivity index (χ1n) is 9.79. The van der Waals surface area contributed by atoms with Crippen LogP contribution in [-0.2, 0) is 0 Å². The standard InChI is InChI=1S/C25H20N2O4/c1-29-15-9-10-16-18(13-15)24(28)22-17-6-4-5-7-19(17)27-25(23(16)22)26-14-8-11-20(30-2)21(12-14)31-3/h4-13H,1-3H3,(H,26,27). The van der Waals surface area contributed by atoms with Gasteiger partial charge in [0, 0.05) is 33.8 Å². The van der Waals surface area contributed by atoms with E-state index in [4.69, 9.17) is 19.2 Å². The van der Waals surface area contributed by atoms with E-state index in [0.717, 1.165) is 27.7 Å². The maximum absolute atomic E-state index is 13.4. The Labute approximate surface area is 179 Å². The summed E-state index contributed by atoms with van der Waals surface area (Å²) in [7, 11) is 4.78. The van der Waals surface area contributed by atoms with Gasteiger partial charge in [0.25, 0.3) is 0 Å². The summed E-state index contributed by atoms with van der Waals surface area (Å²) in [5.41, 5.74) is 4.41. The van der Waals surface area contributed by atoms with Crippen LogP contribution in [0.4, 0.5) is 11.5 Å². The molecule has 1 aliphatic rings. The number of nitrogens with zero attached hydrogens (tertiary/aromatic N) is 1. The summed E-state index contributed by atoms with van der Waals surface area (Å²) in [5.74, 6) is 2.46. The van der Waals surface area contributed by atoms with E-state index >= 15 is 0 Å². The summed E-state index contributed by atoms with van der Waals surface area (Å²) in [5, 5.41) is 4.21. The molecule has 0 radical (unpaired) electrons. The summed E-state index contributed by atoms with van der Waals surface area (Å²) >= 11 is 0. The number of carbonyl (C=O) groups is 1. The van der Waals surface area contributed by atoms with Crippen LogP contribution in [0.3, 0.4) is 0 Å². The van der Waals surface area contributed by atoms with Crippen molar-refractivity contribution >= 4 is 28.2 Å². The molecule has 0 amide bonds. The largest absolute Gasteiger partial charge is 0.497 e. The van der Waals surface area contributed by atoms with Gasteiger partial charge < -0.3 is 19.5 Å². The summed E-state index contributed by atoms with van der Waals surface area (Å²) < 4.78 is 16.1. The molecule has 0 spiro atoms. The van der Waals surface area contributed by atoms with Gasteiger partial charge in [-0.1, -0.05) is 18.2 Å². The van der Waals surface area contributed by atoms with E-state index in [1.807, 2.05) is 54.6 Å². The minimum absolute atomic E-state index is 0.0298. The van der Waals surface area contributed by atoms with E-state index in [-0.39, 0.29) is 5.78 Å². The normalized spacial score (nSPS) is 11.8. The fourth-order valence-corrected chi connectivity index (χ4v) is 4.04. The second-order valence-electron chi connectivity index (χ2n) is 7.16. The fraction of sp³-hybridized carbons (Fsp3) is 0.120. The zero-order valence-electron chi connectivity index (χ0n) is 17.4. The Morgan fingerprint density at radius 3 is 2.35 bits per heavy atom. The van der Waals surface area contributed by atoms with Crippen molar-refractivity contribution in [1.82, 2.24) is 4.98 Å². The van der Waals surface area contributed by atoms with Gasteiger partial charge in [0.2, 0.25) is 0 Å². The zero-order chi connectivity index (χ0) is 21.5. The van der Waals surface area contributed by atoms with E-state index in [9.17, 15) is 4.79 Å². The Kier molecular flexibility index (Phi) is 4.47. The number of pyridine rings is 1. The van der Waals surface area contributed by atoms with E-state index in [0.29, 0.717) is 34.2 Å². The SMILES string of the molecule is COc1ccc2c(c1)C(=O)c1c-2c(Nc2ccc(OC)c(OC)c2)nc2ccccc12. The number of para-hydroxylation sites is 1. The lowest BCUT2D eigenvalue weighted by molar-refractivity contribution is 0.104. The molecule has 154 valence electrons. The molecule has 0 aliphatic heterocycles. The Morgan fingerprint density at radius 1 is 0.774 bits per heavy atom. The Morgan fingerprint density at radius 2 is 1.58 bits per heavy atom. The maximum Gasteiger partial charge on any atom is 0.195 e. The van der Waals surface area contributed by atoms with Crippen LogP contribution in [0.15, 0.2) is 60.7 Å². The molecule has 0 atom stereocenters. The molecule has 0 bridgehead atoms. The number of benzene rings is 3. The third-order valence-corrected chi connectivity index (χ3v) is 5.51. The lowest BCUT2D eigenvalue weighted by Crippen LogP contribution is -2.02. The highest BCUT2D eigenvalue weighted by atomic mass is 16.5. The monoisotopic (exact) mass is 412 g/mol. The number of ether oxygens (including phenoxy) is 3. The van der Waals surface area contributed by atoms with E-state index < -0.39 is 0 Å². The number of hydrogen-bond acceptors (Lipinski definition) is 6. The smallest absolute Gasteiger partial charge is 0.195 e. The molecule has 1 N–H and O–H groups in total. The molecule has 1 aromatic heterocycles. The molecular formula is C25H20N2O4. The van der Waals surface area contributed by atoms with Gasteiger partial charge in [0.05, 0.1) is 26.8 Å². The Bertz CT molecular complexity index is 1350. The van der Waals surface area contributed by atoms with Gasteiger partial charge in [-0.25, -0.2) is 4.98 Å². The first-order chi connectivity index (χ1) is 15.1. The summed E-state index contributed by atoms with van der Waals surface area (Å²) in [6.07, 6.45) is 0. The van der Waals surface area contributed by atoms with Gasteiger partial charge in [0.15, 0.2) is 17.3 Å². The predicted octanol–water partition coefficient (Wildman–Crippen LogP) is 5.22. The molecule has 4 aromatic rings. The second-order valence-corrected chi connectivity index (χ2v) is 7.16. The number of aromatic nitrogens is 1. The van der Waals surface area contributed by atoms with Crippen molar-refractivity contribution in [2.45, 2.75) is 0 Å². The number of ketones is 1. The first-order valence-corrected chi connectivity index (χ1v) is 9.79. The van der Waals surface area contributed by atoms with Gasteiger partial charge in [0.1, 0.15) is 11.6 Å². The van der Waals surface area contributed by atoms with Gasteiger partial charge >= 0.3 is 0 Å². The number of hydrogen-bond donors (Lipinski definition) is 1. The molecule has 0 fully saturated rings. The molecule has 1 heterocycles. The van der Waals surface area contributed by atoms with Crippen molar-refractivity contribution in [2.75, 3.05) is 26.6 Å². The number of nitrogens with one attached hydrogen (secondary N) is 1. The minimum Gasteiger partial charge on any atom is -0.497 e. The fourth-order valence-electron chi connectivity index (χ4n) is 4.04. The predicted molar refractivity (Wildman–Crippen MR) is 120 cm³/mol. The van der Waals surface area contributed by atoms with Crippen molar-refractivity contribution in [3.63, 3.8) is 0 Å². The Hall–Kier alpha value is -4.06. The number of anilines is 2. The zero-order valence-corrected chi connectivity index (χ0v) is 17.4. The molecule has 1 aliphatic carbocycles. The van der Waals surface area contributed by atoms with Gasteiger partial charge in [-0.2, -0.15) is 0 Å². The molecule has 3 aromatic carbocycles. The number of fused-ring (bicyclic) bond motifs is 5. The molecule has 6 heteroatoms. The third-order valence-electron chi connectivity index (χ3n) is 5.51. The number of methoxy groups -OCH3 is 3. The van der Waals surface area contributed by atoms with Crippen LogP contribution in [0, 0.1) is 0 Å². The maximum atomic E-state index is 13.4. The highest BCUT2D eigenvalue weighted by molar-refractivity contribution is 6.28. The van der Waals surface area contributed by atoms with Crippen LogP contribution in [-0.4, -0.2) is 32.1 Å². The average Bonchev–Trinajstić information content (AvgIpc) is 3.11. The highest BCUT2D eigenvalue weighted by Crippen LogP contribution is 2.45. The van der Waals surface area contributed by atoms with Crippen LogP contribution >= 0.6 is 0 Å². The van der Waals surface area contributed by atoms with E-state index in [2.05, 4.69) is 5.32 Å². The van der Waals surface area contributed by atoms with Crippen molar-refractivity contribution in [3.05, 3.63) is 71.8 Å². The Balaban J connectivity index is 1.72. The summed E-state index contributed by atoms with van der Waals surface area (Å²) in [6, 6.07) is 18.8. The van der Waals surface area contributed by atoms with Crippen LogP contribution in [0.25, 0.3) is 22.0 Å². The lowest BCUT2D eigenvalue weighted by Gasteiger charge is -2.15. The molecule has 6 nitrogen and oxygen atoms in total. The summed E-state index contributed by atoms with van der Waals surface area (Å²) in [4.78, 5) is 18.3. The number of rotatable bonds is 5. The third kappa shape index (κ3) is 2.95. The van der Waals surface area contributed by atoms with Crippen LogP contribution in [0.1, 0.15) is 15.9 Å². The van der Waals surface area contributed by atoms with Gasteiger partial charge in [-0.05, 0) is 42.0 Å². The minimum atomic E-state index is -0.0298. The van der Waals surface area contributed by atoms with Crippen LogP contribution < -0.4 is 19.5 Å². The first kappa shape index (κ1) is 18.9. The number of carbonyl (C=O) groups excluding carboxylic acids is 1. The molecule has 0 saturated heterocycles. The van der Waals surface area contributed by atoms with Crippen molar-refractivity contribution in [1.29, 1.82) is 0 Å². The topological polar surface area (TPSA) is 69.7 Å². The second kappa shape index (κ2) is 7.32. The van der Waals surface area contributed by atoms with Crippen molar-refractivity contribution < 1.29 is 19.0 Å². The van der Waals surface area contributed by atoms with Crippen LogP contribution in [0.2, 0.25) is 0 Å². The molecule has 0 unspecified atom stereocenters. The lowest BCUT2D eigenvalue weighted by atomic mass is 10.0. The molecule has 5 rings (SSSR count). The molecular weight excluding hydrogens is 392 g/mol. The van der Waals surface area contributed by atoms with Crippen LogP contribution in [0.5, 0.6) is 17.2 Å². The average molecular weight is 412 g/mol. The van der Waals surface area contributed by atoms with Crippen molar-refractivity contribution in [2.24, 2.45) is 0 Å².